The van der Waals surface area contributed by atoms with E-state index < -0.39 is 0 Å². The second-order valence-corrected chi connectivity index (χ2v) is 4.98. The predicted molar refractivity (Wildman–Crippen MR) is 80.2 cm³/mol. The van der Waals surface area contributed by atoms with Crippen LogP contribution in [0.15, 0.2) is 34.9 Å². The van der Waals surface area contributed by atoms with E-state index in [2.05, 4.69) is 15.5 Å². The third kappa shape index (κ3) is 3.93. The summed E-state index contributed by atoms with van der Waals surface area (Å²) in [5.41, 5.74) is 8.23. The zero-order chi connectivity index (χ0) is 15.2. The van der Waals surface area contributed by atoms with Gasteiger partial charge in [-0.2, -0.15) is 0 Å². The van der Waals surface area contributed by atoms with Gasteiger partial charge in [-0.1, -0.05) is 11.2 Å². The molecule has 0 saturated heterocycles. The van der Waals surface area contributed by atoms with Crippen molar-refractivity contribution < 1.29 is 14.7 Å². The lowest BCUT2D eigenvalue weighted by Gasteiger charge is -2.08. The minimum Gasteiger partial charge on any atom is -0.485 e. The Hall–Kier alpha value is -2.61. The summed E-state index contributed by atoms with van der Waals surface area (Å²) in [6.45, 7) is 1.74. The van der Waals surface area contributed by atoms with Gasteiger partial charge in [0.05, 0.1) is 11.2 Å². The third-order valence-electron chi connectivity index (χ3n) is 2.56. The first-order chi connectivity index (χ1) is 10.1. The van der Waals surface area contributed by atoms with Gasteiger partial charge in [0.2, 0.25) is 0 Å². The monoisotopic (exact) mass is 306 g/mol. The number of nitrogens with one attached hydrogen (secondary N) is 1. The van der Waals surface area contributed by atoms with Gasteiger partial charge in [-0.15, -0.1) is 11.3 Å². The lowest BCUT2D eigenvalue weighted by Crippen LogP contribution is -2.20. The first kappa shape index (κ1) is 14.8. The Morgan fingerprint density at radius 1 is 1.57 bits per heavy atom. The molecule has 1 amide bonds. The molecule has 2 rings (SSSR count). The SMILES string of the molecule is Cc1ncsc1C(=O)Nc1cccc(OC/C(N)=N/O)c1. The number of amides is 1. The van der Waals surface area contributed by atoms with E-state index in [-0.39, 0.29) is 18.3 Å². The number of carbonyl (C=O) groups excluding carboxylic acids is 1. The number of rotatable bonds is 5. The molecule has 0 saturated carbocycles. The molecule has 2 aromatic rings. The average molecular weight is 306 g/mol. The topological polar surface area (TPSA) is 110 Å². The van der Waals surface area contributed by atoms with Crippen LogP contribution in [0.4, 0.5) is 5.69 Å². The van der Waals surface area contributed by atoms with E-state index in [4.69, 9.17) is 15.7 Å². The Morgan fingerprint density at radius 2 is 2.38 bits per heavy atom. The minimum absolute atomic E-state index is 0.0373. The lowest BCUT2D eigenvalue weighted by molar-refractivity contribution is 0.103. The first-order valence-corrected chi connectivity index (χ1v) is 6.89. The molecule has 0 radical (unpaired) electrons. The summed E-state index contributed by atoms with van der Waals surface area (Å²) >= 11 is 1.28. The molecule has 21 heavy (non-hydrogen) atoms. The molecular weight excluding hydrogens is 292 g/mol. The van der Waals surface area contributed by atoms with Crippen molar-refractivity contribution in [1.82, 2.24) is 4.98 Å². The highest BCUT2D eigenvalue weighted by molar-refractivity contribution is 7.12. The van der Waals surface area contributed by atoms with E-state index in [9.17, 15) is 4.79 Å². The number of nitrogens with two attached hydrogens (primary N) is 1. The van der Waals surface area contributed by atoms with Crippen molar-refractivity contribution in [2.75, 3.05) is 11.9 Å². The van der Waals surface area contributed by atoms with Gasteiger partial charge in [0, 0.05) is 11.8 Å². The second-order valence-electron chi connectivity index (χ2n) is 4.13. The van der Waals surface area contributed by atoms with Gasteiger partial charge in [0.15, 0.2) is 5.84 Å². The van der Waals surface area contributed by atoms with Gasteiger partial charge in [-0.05, 0) is 19.1 Å². The van der Waals surface area contributed by atoms with Crippen LogP contribution in [-0.4, -0.2) is 28.5 Å². The van der Waals surface area contributed by atoms with Crippen LogP contribution in [0, 0.1) is 6.92 Å². The third-order valence-corrected chi connectivity index (χ3v) is 3.49. The maximum absolute atomic E-state index is 12.1. The fraction of sp³-hybridized carbons (Fsp3) is 0.154. The quantitative estimate of drug-likeness (QED) is 0.338. The number of hydrogen-bond acceptors (Lipinski definition) is 6. The van der Waals surface area contributed by atoms with Crippen LogP contribution in [0.25, 0.3) is 0 Å². The number of carbonyl (C=O) groups is 1. The number of oxime groups is 1. The molecule has 110 valence electrons. The highest BCUT2D eigenvalue weighted by Crippen LogP contribution is 2.19. The highest BCUT2D eigenvalue weighted by Gasteiger charge is 2.12. The molecule has 0 aliphatic rings. The molecule has 1 aromatic carbocycles. The van der Waals surface area contributed by atoms with Gasteiger partial charge >= 0.3 is 0 Å². The normalized spacial score (nSPS) is 11.2. The van der Waals surface area contributed by atoms with Gasteiger partial charge in [0.25, 0.3) is 5.91 Å². The number of thiazole rings is 1. The summed E-state index contributed by atoms with van der Waals surface area (Å²) in [6.07, 6.45) is 0. The van der Waals surface area contributed by atoms with Crippen LogP contribution in [0.2, 0.25) is 0 Å². The van der Waals surface area contributed by atoms with Gasteiger partial charge in [0.1, 0.15) is 17.2 Å². The van der Waals surface area contributed by atoms with Crippen molar-refractivity contribution in [2.45, 2.75) is 6.92 Å². The summed E-state index contributed by atoms with van der Waals surface area (Å²) < 4.78 is 5.32. The Kier molecular flexibility index (Phi) is 4.72. The van der Waals surface area contributed by atoms with Crippen LogP contribution in [0.1, 0.15) is 15.4 Å². The molecule has 0 spiro atoms. The molecular formula is C13H14N4O3S. The number of amidine groups is 1. The van der Waals surface area contributed by atoms with Crippen molar-refractivity contribution in [3.63, 3.8) is 0 Å². The Balaban J connectivity index is 2.04. The lowest BCUT2D eigenvalue weighted by atomic mass is 10.3. The molecule has 4 N–H and O–H groups in total. The number of nitrogens with zero attached hydrogens (tertiary/aromatic N) is 2. The van der Waals surface area contributed by atoms with Crippen LogP contribution in [0.5, 0.6) is 5.75 Å². The summed E-state index contributed by atoms with van der Waals surface area (Å²) in [6, 6.07) is 6.83. The fourth-order valence-corrected chi connectivity index (χ4v) is 2.26. The number of ether oxygens (including phenoxy) is 1. The fourth-order valence-electron chi connectivity index (χ4n) is 1.56. The summed E-state index contributed by atoms with van der Waals surface area (Å²) in [7, 11) is 0. The maximum Gasteiger partial charge on any atom is 0.267 e. The van der Waals surface area contributed by atoms with Crippen molar-refractivity contribution in [1.29, 1.82) is 0 Å². The van der Waals surface area contributed by atoms with Gasteiger partial charge in [-0.3, -0.25) is 4.79 Å². The minimum atomic E-state index is -0.219. The Morgan fingerprint density at radius 3 is 3.05 bits per heavy atom. The van der Waals surface area contributed by atoms with Crippen molar-refractivity contribution in [2.24, 2.45) is 10.9 Å². The molecule has 8 heteroatoms. The zero-order valence-electron chi connectivity index (χ0n) is 11.2. The Bertz CT molecular complexity index is 669. The number of aryl methyl sites for hydroxylation is 1. The van der Waals surface area contributed by atoms with Crippen molar-refractivity contribution >= 4 is 28.8 Å². The molecule has 7 nitrogen and oxygen atoms in total. The van der Waals surface area contributed by atoms with E-state index in [1.54, 1.807) is 36.7 Å². The van der Waals surface area contributed by atoms with E-state index in [0.717, 1.165) is 0 Å². The van der Waals surface area contributed by atoms with Gasteiger partial charge < -0.3 is 21.0 Å². The van der Waals surface area contributed by atoms with Crippen molar-refractivity contribution in [3.05, 3.63) is 40.3 Å². The van der Waals surface area contributed by atoms with E-state index in [1.807, 2.05) is 0 Å². The summed E-state index contributed by atoms with van der Waals surface area (Å²) in [5.74, 6) is 0.244. The van der Waals surface area contributed by atoms with Crippen LogP contribution >= 0.6 is 11.3 Å². The van der Waals surface area contributed by atoms with Crippen LogP contribution < -0.4 is 15.8 Å². The van der Waals surface area contributed by atoms with Crippen molar-refractivity contribution in [3.8, 4) is 5.75 Å². The standard InChI is InChI=1S/C13H14N4O3S/c1-8-12(21-7-15-8)13(18)16-9-3-2-4-10(5-9)20-6-11(14)17-19/h2-5,7,19H,6H2,1H3,(H2,14,17)(H,16,18). The molecule has 0 aliphatic carbocycles. The van der Waals surface area contributed by atoms with E-state index in [1.165, 1.54) is 11.3 Å². The number of benzene rings is 1. The summed E-state index contributed by atoms with van der Waals surface area (Å²) in [5, 5.41) is 14.0. The molecule has 0 aliphatic heterocycles. The van der Waals surface area contributed by atoms with Gasteiger partial charge in [-0.25, -0.2) is 4.98 Å². The molecule has 0 atom stereocenters. The predicted octanol–water partition coefficient (Wildman–Crippen LogP) is 1.83. The zero-order valence-corrected chi connectivity index (χ0v) is 12.1. The highest BCUT2D eigenvalue weighted by atomic mass is 32.1. The maximum atomic E-state index is 12.1. The average Bonchev–Trinajstić information content (AvgIpc) is 2.91. The van der Waals surface area contributed by atoms with E-state index >= 15 is 0 Å². The molecule has 0 bridgehead atoms. The molecule has 1 aromatic heterocycles. The summed E-state index contributed by atoms with van der Waals surface area (Å²) in [4.78, 5) is 16.7. The largest absolute Gasteiger partial charge is 0.485 e. The van der Waals surface area contributed by atoms with Crippen LogP contribution in [-0.2, 0) is 0 Å². The van der Waals surface area contributed by atoms with E-state index in [0.29, 0.717) is 22.0 Å². The molecule has 1 heterocycles. The van der Waals surface area contributed by atoms with Crippen LogP contribution in [0.3, 0.4) is 0 Å². The Labute approximate surface area is 125 Å². The second kappa shape index (κ2) is 6.71. The number of aromatic nitrogens is 1. The number of anilines is 1. The first-order valence-electron chi connectivity index (χ1n) is 6.01. The smallest absolute Gasteiger partial charge is 0.267 e. The molecule has 0 fully saturated rings. The molecule has 0 unspecified atom stereocenters. The number of hydrogen-bond donors (Lipinski definition) is 3.